The second kappa shape index (κ2) is 5.45. The maximum Gasteiger partial charge on any atom is 0.337 e. The number of carbonyl (C=O) groups excluding carboxylic acids is 1. The van der Waals surface area contributed by atoms with Crippen molar-refractivity contribution in [1.82, 2.24) is 0 Å². The molecule has 0 saturated carbocycles. The van der Waals surface area contributed by atoms with E-state index in [1.54, 1.807) is 12.1 Å². The Balaban J connectivity index is 2.16. The van der Waals surface area contributed by atoms with E-state index < -0.39 is 0 Å². The van der Waals surface area contributed by atoms with E-state index in [1.807, 2.05) is 30.5 Å². The molecule has 2 rings (SSSR count). The zero-order valence-corrected chi connectivity index (χ0v) is 10.6. The Morgan fingerprint density at radius 3 is 2.50 bits per heavy atom. The summed E-state index contributed by atoms with van der Waals surface area (Å²) in [5, 5.41) is 0. The van der Waals surface area contributed by atoms with Crippen molar-refractivity contribution in [2.24, 2.45) is 0 Å². The van der Waals surface area contributed by atoms with Crippen LogP contribution in [0.25, 0.3) is 0 Å². The van der Waals surface area contributed by atoms with Gasteiger partial charge in [0.05, 0.1) is 12.7 Å². The Morgan fingerprint density at radius 1 is 1.17 bits per heavy atom. The Hall–Kier alpha value is -2.16. The molecule has 0 spiro atoms. The van der Waals surface area contributed by atoms with Gasteiger partial charge >= 0.3 is 5.97 Å². The number of hydrogen-bond donors (Lipinski definition) is 0. The number of methoxy groups -OCH3 is 1. The van der Waals surface area contributed by atoms with E-state index in [1.165, 1.54) is 12.8 Å². The van der Waals surface area contributed by atoms with Crippen LogP contribution in [0.4, 0.5) is 0 Å². The molecule has 1 aromatic heterocycles. The molecule has 18 heavy (non-hydrogen) atoms. The van der Waals surface area contributed by atoms with Crippen LogP contribution in [-0.4, -0.2) is 13.1 Å². The van der Waals surface area contributed by atoms with Gasteiger partial charge in [-0.2, -0.15) is 4.57 Å². The molecule has 0 aliphatic carbocycles. The van der Waals surface area contributed by atoms with Crippen molar-refractivity contribution in [2.45, 2.75) is 13.5 Å². The third kappa shape index (κ3) is 2.74. The summed E-state index contributed by atoms with van der Waals surface area (Å²) in [7, 11) is 1.39. The summed E-state index contributed by atoms with van der Waals surface area (Å²) < 4.78 is 6.83. The van der Waals surface area contributed by atoms with Gasteiger partial charge < -0.3 is 4.74 Å². The molecule has 3 heteroatoms. The zero-order valence-electron chi connectivity index (χ0n) is 10.6. The number of esters is 1. The van der Waals surface area contributed by atoms with Crippen molar-refractivity contribution in [3.05, 3.63) is 65.5 Å². The lowest BCUT2D eigenvalue weighted by molar-refractivity contribution is -0.694. The van der Waals surface area contributed by atoms with Gasteiger partial charge in [0.1, 0.15) is 0 Å². The number of ether oxygens (including phenoxy) is 1. The van der Waals surface area contributed by atoms with E-state index in [0.717, 1.165) is 12.1 Å². The predicted octanol–water partition coefficient (Wildman–Crippen LogP) is 2.12. The van der Waals surface area contributed by atoms with Gasteiger partial charge in [0.2, 0.25) is 0 Å². The van der Waals surface area contributed by atoms with E-state index in [9.17, 15) is 4.79 Å². The summed E-state index contributed by atoms with van der Waals surface area (Å²) in [6.45, 7) is 2.87. The molecular formula is C15H16NO2+. The average molecular weight is 242 g/mol. The van der Waals surface area contributed by atoms with Crippen molar-refractivity contribution in [3.63, 3.8) is 0 Å². The fourth-order valence-corrected chi connectivity index (χ4v) is 1.80. The van der Waals surface area contributed by atoms with Gasteiger partial charge in [-0.25, -0.2) is 4.79 Å². The predicted molar refractivity (Wildman–Crippen MR) is 68.3 cm³/mol. The number of aryl methyl sites for hydroxylation is 1. The van der Waals surface area contributed by atoms with Crippen LogP contribution in [0.2, 0.25) is 0 Å². The van der Waals surface area contributed by atoms with E-state index in [0.29, 0.717) is 5.56 Å². The Morgan fingerprint density at radius 2 is 1.89 bits per heavy atom. The van der Waals surface area contributed by atoms with Crippen molar-refractivity contribution in [1.29, 1.82) is 0 Å². The Bertz CT molecular complexity index is 547. The number of carbonyl (C=O) groups is 1. The van der Waals surface area contributed by atoms with Crippen LogP contribution in [-0.2, 0) is 11.3 Å². The second-order valence-corrected chi connectivity index (χ2v) is 4.16. The molecule has 92 valence electrons. The molecule has 0 aliphatic heterocycles. The molecule has 1 aromatic carbocycles. The van der Waals surface area contributed by atoms with Gasteiger partial charge in [-0.05, 0) is 12.1 Å². The molecule has 0 amide bonds. The summed E-state index contributed by atoms with van der Waals surface area (Å²) in [5.74, 6) is -0.301. The molecule has 0 saturated heterocycles. The van der Waals surface area contributed by atoms with Crippen molar-refractivity contribution in [2.75, 3.05) is 7.11 Å². The molecule has 0 fully saturated rings. The lowest BCUT2D eigenvalue weighted by Crippen LogP contribution is -2.36. The highest BCUT2D eigenvalue weighted by molar-refractivity contribution is 5.89. The van der Waals surface area contributed by atoms with Crippen molar-refractivity contribution in [3.8, 4) is 0 Å². The average Bonchev–Trinajstić information content (AvgIpc) is 2.41. The lowest BCUT2D eigenvalue weighted by Gasteiger charge is -2.02. The summed E-state index contributed by atoms with van der Waals surface area (Å²) in [5.41, 5.74) is 2.94. The van der Waals surface area contributed by atoms with Gasteiger partial charge in [-0.15, -0.1) is 0 Å². The molecular weight excluding hydrogens is 226 g/mol. The van der Waals surface area contributed by atoms with Crippen LogP contribution in [0, 0.1) is 6.92 Å². The summed E-state index contributed by atoms with van der Waals surface area (Å²) >= 11 is 0. The maximum atomic E-state index is 11.3. The van der Waals surface area contributed by atoms with Crippen LogP contribution >= 0.6 is 0 Å². The maximum absolute atomic E-state index is 11.3. The topological polar surface area (TPSA) is 30.2 Å². The van der Waals surface area contributed by atoms with Gasteiger partial charge in [-0.1, -0.05) is 18.2 Å². The first-order valence-electron chi connectivity index (χ1n) is 5.83. The Labute approximate surface area is 107 Å². The molecule has 0 atom stereocenters. The smallest absolute Gasteiger partial charge is 0.337 e. The first-order valence-corrected chi connectivity index (χ1v) is 5.83. The molecule has 0 bridgehead atoms. The normalized spacial score (nSPS) is 10.1. The van der Waals surface area contributed by atoms with Gasteiger partial charge in [0, 0.05) is 24.6 Å². The van der Waals surface area contributed by atoms with E-state index in [2.05, 4.69) is 22.3 Å². The highest BCUT2D eigenvalue weighted by atomic mass is 16.5. The molecule has 0 N–H and O–H groups in total. The van der Waals surface area contributed by atoms with Gasteiger partial charge in [0.15, 0.2) is 18.4 Å². The number of benzene rings is 1. The van der Waals surface area contributed by atoms with E-state index in [4.69, 9.17) is 0 Å². The summed E-state index contributed by atoms with van der Waals surface area (Å²) in [6.07, 6.45) is 2.05. The molecule has 1 heterocycles. The van der Waals surface area contributed by atoms with E-state index >= 15 is 0 Å². The van der Waals surface area contributed by atoms with Crippen LogP contribution in [0.5, 0.6) is 0 Å². The minimum absolute atomic E-state index is 0.301. The number of hydrogen-bond acceptors (Lipinski definition) is 2. The van der Waals surface area contributed by atoms with Crippen molar-refractivity contribution < 1.29 is 14.1 Å². The first-order chi connectivity index (χ1) is 8.70. The number of rotatable bonds is 3. The monoisotopic (exact) mass is 242 g/mol. The number of pyridine rings is 1. The quantitative estimate of drug-likeness (QED) is 0.609. The van der Waals surface area contributed by atoms with Gasteiger partial charge in [0.25, 0.3) is 0 Å². The highest BCUT2D eigenvalue weighted by Gasteiger charge is 2.08. The summed E-state index contributed by atoms with van der Waals surface area (Å²) in [4.78, 5) is 11.3. The fourth-order valence-electron chi connectivity index (χ4n) is 1.80. The van der Waals surface area contributed by atoms with Crippen LogP contribution in [0.15, 0.2) is 48.7 Å². The third-order valence-corrected chi connectivity index (χ3v) is 2.90. The standard InChI is InChI=1S/C15H16NO2/c1-12-5-3-4-10-16(12)11-13-6-8-14(9-7-13)15(17)18-2/h3-10H,11H2,1-2H3/q+1. The fraction of sp³-hybridized carbons (Fsp3) is 0.200. The van der Waals surface area contributed by atoms with Crippen molar-refractivity contribution >= 4 is 5.97 Å². The minimum Gasteiger partial charge on any atom is -0.465 e. The van der Waals surface area contributed by atoms with E-state index in [-0.39, 0.29) is 5.97 Å². The highest BCUT2D eigenvalue weighted by Crippen LogP contribution is 2.05. The summed E-state index contributed by atoms with van der Waals surface area (Å²) in [6, 6.07) is 13.6. The lowest BCUT2D eigenvalue weighted by atomic mass is 10.1. The van der Waals surface area contributed by atoms with Gasteiger partial charge in [-0.3, -0.25) is 0 Å². The molecule has 0 aliphatic rings. The minimum atomic E-state index is -0.301. The number of nitrogens with zero attached hydrogens (tertiary/aromatic N) is 1. The van der Waals surface area contributed by atoms with Crippen LogP contribution in [0.3, 0.4) is 0 Å². The second-order valence-electron chi connectivity index (χ2n) is 4.16. The van der Waals surface area contributed by atoms with Crippen LogP contribution in [0.1, 0.15) is 21.6 Å². The zero-order chi connectivity index (χ0) is 13.0. The first kappa shape index (κ1) is 12.3. The van der Waals surface area contributed by atoms with Crippen LogP contribution < -0.4 is 4.57 Å². The Kier molecular flexibility index (Phi) is 3.72. The molecule has 0 unspecified atom stereocenters. The third-order valence-electron chi connectivity index (χ3n) is 2.90. The largest absolute Gasteiger partial charge is 0.465 e. The SMILES string of the molecule is COC(=O)c1ccc(C[n+]2ccccc2C)cc1. The number of aromatic nitrogens is 1. The molecule has 2 aromatic rings. The molecule has 0 radical (unpaired) electrons. The molecule has 3 nitrogen and oxygen atoms in total.